The summed E-state index contributed by atoms with van der Waals surface area (Å²) in [6.07, 6.45) is 0.750. The lowest BCUT2D eigenvalue weighted by molar-refractivity contribution is 0.100. The van der Waals surface area contributed by atoms with Crippen LogP contribution in [0.2, 0.25) is 5.02 Å². The molecule has 0 atom stereocenters. The van der Waals surface area contributed by atoms with Crippen LogP contribution < -0.4 is 15.2 Å². The molecule has 21 heavy (non-hydrogen) atoms. The van der Waals surface area contributed by atoms with Crippen molar-refractivity contribution >= 4 is 17.5 Å². The zero-order chi connectivity index (χ0) is 15.1. The molecule has 110 valence electrons. The first-order valence-corrected chi connectivity index (χ1v) is 6.94. The third-order valence-electron chi connectivity index (χ3n) is 2.78. The van der Waals surface area contributed by atoms with Crippen molar-refractivity contribution in [1.82, 2.24) is 0 Å². The molecule has 0 aliphatic carbocycles. The molecule has 0 aliphatic rings. The molecule has 0 saturated carbocycles. The van der Waals surface area contributed by atoms with Crippen molar-refractivity contribution in [1.29, 1.82) is 0 Å². The zero-order valence-corrected chi connectivity index (χ0v) is 12.2. The summed E-state index contributed by atoms with van der Waals surface area (Å²) < 4.78 is 11.1. The Kier molecular flexibility index (Phi) is 5.46. The van der Waals surface area contributed by atoms with E-state index in [1.54, 1.807) is 36.4 Å². The second-order valence-corrected chi connectivity index (χ2v) is 4.83. The van der Waals surface area contributed by atoms with Gasteiger partial charge in [-0.1, -0.05) is 11.6 Å². The van der Waals surface area contributed by atoms with Gasteiger partial charge in [0.2, 0.25) is 5.91 Å². The van der Waals surface area contributed by atoms with Crippen LogP contribution in [0, 0.1) is 0 Å². The Morgan fingerprint density at radius 3 is 1.86 bits per heavy atom. The molecule has 2 N–H and O–H groups in total. The maximum Gasteiger partial charge on any atom is 0.248 e. The summed E-state index contributed by atoms with van der Waals surface area (Å²) in [5.41, 5.74) is 5.63. The van der Waals surface area contributed by atoms with Crippen molar-refractivity contribution in [2.45, 2.75) is 6.42 Å². The highest BCUT2D eigenvalue weighted by Crippen LogP contribution is 2.16. The molecule has 0 radical (unpaired) electrons. The standard InChI is InChI=1S/C16H16ClNO3/c17-13-4-8-15(9-5-13)21-11-1-10-20-14-6-2-12(3-7-14)16(18)19/h2-9H,1,10-11H2,(H2,18,19). The fraction of sp³-hybridized carbons (Fsp3) is 0.188. The van der Waals surface area contributed by atoms with Crippen molar-refractivity contribution < 1.29 is 14.3 Å². The second-order valence-electron chi connectivity index (χ2n) is 4.39. The lowest BCUT2D eigenvalue weighted by Gasteiger charge is -2.08. The van der Waals surface area contributed by atoms with Gasteiger partial charge in [-0.2, -0.15) is 0 Å². The van der Waals surface area contributed by atoms with Gasteiger partial charge in [0.1, 0.15) is 11.5 Å². The molecule has 0 aliphatic heterocycles. The minimum atomic E-state index is -0.446. The first-order valence-electron chi connectivity index (χ1n) is 6.56. The van der Waals surface area contributed by atoms with Crippen LogP contribution >= 0.6 is 11.6 Å². The summed E-state index contributed by atoms with van der Waals surface area (Å²) >= 11 is 5.79. The molecule has 0 spiro atoms. The van der Waals surface area contributed by atoms with Crippen molar-refractivity contribution in [3.05, 3.63) is 59.1 Å². The molecule has 2 aromatic carbocycles. The maximum atomic E-state index is 10.9. The second kappa shape index (κ2) is 7.55. The summed E-state index contributed by atoms with van der Waals surface area (Å²) in [6, 6.07) is 13.9. The van der Waals surface area contributed by atoms with Crippen LogP contribution in [0.5, 0.6) is 11.5 Å². The fourth-order valence-corrected chi connectivity index (χ4v) is 1.81. The zero-order valence-electron chi connectivity index (χ0n) is 11.4. The number of hydrogen-bond donors (Lipinski definition) is 1. The number of benzene rings is 2. The summed E-state index contributed by atoms with van der Waals surface area (Å²) in [5.74, 6) is 1.04. The Hall–Kier alpha value is -2.20. The monoisotopic (exact) mass is 305 g/mol. The lowest BCUT2D eigenvalue weighted by atomic mass is 10.2. The van der Waals surface area contributed by atoms with E-state index in [4.69, 9.17) is 26.8 Å². The van der Waals surface area contributed by atoms with E-state index < -0.39 is 5.91 Å². The van der Waals surface area contributed by atoms with Gasteiger partial charge in [0.15, 0.2) is 0 Å². The average Bonchev–Trinajstić information content (AvgIpc) is 2.49. The van der Waals surface area contributed by atoms with Crippen molar-refractivity contribution in [2.24, 2.45) is 5.73 Å². The van der Waals surface area contributed by atoms with E-state index >= 15 is 0 Å². The third kappa shape index (κ3) is 5.00. The SMILES string of the molecule is NC(=O)c1ccc(OCCCOc2ccc(Cl)cc2)cc1. The molecular formula is C16H16ClNO3. The van der Waals surface area contributed by atoms with Crippen LogP contribution in [-0.4, -0.2) is 19.1 Å². The first-order chi connectivity index (χ1) is 10.1. The molecule has 0 aromatic heterocycles. The van der Waals surface area contributed by atoms with Gasteiger partial charge in [-0.3, -0.25) is 4.79 Å². The number of primary amides is 1. The van der Waals surface area contributed by atoms with Crippen molar-refractivity contribution in [3.63, 3.8) is 0 Å². The van der Waals surface area contributed by atoms with Gasteiger partial charge in [-0.15, -0.1) is 0 Å². The lowest BCUT2D eigenvalue weighted by Crippen LogP contribution is -2.10. The first kappa shape index (κ1) is 15.2. The highest BCUT2D eigenvalue weighted by Gasteiger charge is 2.00. The molecule has 4 nitrogen and oxygen atoms in total. The van der Waals surface area contributed by atoms with Gasteiger partial charge < -0.3 is 15.2 Å². The van der Waals surface area contributed by atoms with Crippen LogP contribution in [0.15, 0.2) is 48.5 Å². The van der Waals surface area contributed by atoms with Gasteiger partial charge in [0.05, 0.1) is 13.2 Å². The Balaban J connectivity index is 1.67. The number of ether oxygens (including phenoxy) is 2. The van der Waals surface area contributed by atoms with E-state index in [1.165, 1.54) is 0 Å². The normalized spacial score (nSPS) is 10.1. The Labute approximate surface area is 128 Å². The number of carbonyl (C=O) groups is 1. The van der Waals surface area contributed by atoms with E-state index in [9.17, 15) is 4.79 Å². The molecule has 0 saturated heterocycles. The van der Waals surface area contributed by atoms with Gasteiger partial charge in [0, 0.05) is 17.0 Å². The molecular weight excluding hydrogens is 290 g/mol. The van der Waals surface area contributed by atoms with E-state index in [2.05, 4.69) is 0 Å². The number of hydrogen-bond acceptors (Lipinski definition) is 3. The van der Waals surface area contributed by atoms with Gasteiger partial charge in [0.25, 0.3) is 0 Å². The molecule has 0 fully saturated rings. The van der Waals surface area contributed by atoms with Crippen LogP contribution in [0.3, 0.4) is 0 Å². The van der Waals surface area contributed by atoms with Gasteiger partial charge in [-0.05, 0) is 48.5 Å². The molecule has 0 bridgehead atoms. The van der Waals surface area contributed by atoms with E-state index in [-0.39, 0.29) is 0 Å². The van der Waals surface area contributed by atoms with Crippen molar-refractivity contribution in [2.75, 3.05) is 13.2 Å². The van der Waals surface area contributed by atoms with Gasteiger partial charge in [-0.25, -0.2) is 0 Å². The predicted octanol–water partition coefficient (Wildman–Crippen LogP) is 3.29. The fourth-order valence-electron chi connectivity index (χ4n) is 1.69. The summed E-state index contributed by atoms with van der Waals surface area (Å²) in [5, 5.41) is 0.685. The molecule has 5 heteroatoms. The van der Waals surface area contributed by atoms with Crippen LogP contribution in [0.1, 0.15) is 16.8 Å². The number of amides is 1. The molecule has 2 rings (SSSR count). The van der Waals surface area contributed by atoms with Crippen LogP contribution in [0.4, 0.5) is 0 Å². The van der Waals surface area contributed by atoms with Crippen LogP contribution in [0.25, 0.3) is 0 Å². The smallest absolute Gasteiger partial charge is 0.248 e. The Morgan fingerprint density at radius 2 is 1.38 bits per heavy atom. The maximum absolute atomic E-state index is 10.9. The average molecular weight is 306 g/mol. The quantitative estimate of drug-likeness (QED) is 0.798. The minimum Gasteiger partial charge on any atom is -0.493 e. The van der Waals surface area contributed by atoms with Crippen molar-refractivity contribution in [3.8, 4) is 11.5 Å². The van der Waals surface area contributed by atoms with Gasteiger partial charge >= 0.3 is 0 Å². The van der Waals surface area contributed by atoms with E-state index in [0.717, 1.165) is 12.2 Å². The highest BCUT2D eigenvalue weighted by atomic mass is 35.5. The minimum absolute atomic E-state index is 0.446. The van der Waals surface area contributed by atoms with Crippen LogP contribution in [-0.2, 0) is 0 Å². The molecule has 0 unspecified atom stereocenters. The largest absolute Gasteiger partial charge is 0.493 e. The van der Waals surface area contributed by atoms with E-state index in [0.29, 0.717) is 29.5 Å². The number of rotatable bonds is 7. The summed E-state index contributed by atoms with van der Waals surface area (Å²) in [7, 11) is 0. The highest BCUT2D eigenvalue weighted by molar-refractivity contribution is 6.30. The number of halogens is 1. The Bertz CT molecular complexity index is 581. The molecule has 1 amide bonds. The Morgan fingerprint density at radius 1 is 0.905 bits per heavy atom. The third-order valence-corrected chi connectivity index (χ3v) is 3.03. The summed E-state index contributed by atoms with van der Waals surface area (Å²) in [4.78, 5) is 10.9. The molecule has 2 aromatic rings. The number of nitrogens with two attached hydrogens (primary N) is 1. The predicted molar refractivity (Wildman–Crippen MR) is 82.0 cm³/mol. The molecule has 0 heterocycles. The van der Waals surface area contributed by atoms with E-state index in [1.807, 2.05) is 12.1 Å². The number of carbonyl (C=O) groups excluding carboxylic acids is 1. The summed E-state index contributed by atoms with van der Waals surface area (Å²) in [6.45, 7) is 1.09. The topological polar surface area (TPSA) is 61.6 Å².